The third kappa shape index (κ3) is 2.12. The number of nitrogen functional groups attached to an aromatic ring is 1. The lowest BCUT2D eigenvalue weighted by molar-refractivity contribution is 1.11. The monoisotopic (exact) mass is 312 g/mol. The Kier molecular flexibility index (Phi) is 3.01. The van der Waals surface area contributed by atoms with E-state index in [9.17, 15) is 0 Å². The van der Waals surface area contributed by atoms with Gasteiger partial charge in [-0.05, 0) is 24.3 Å². The summed E-state index contributed by atoms with van der Waals surface area (Å²) in [5, 5.41) is 9.59. The molecule has 0 aliphatic heterocycles. The van der Waals surface area contributed by atoms with Crippen molar-refractivity contribution in [1.82, 2.24) is 14.6 Å². The summed E-state index contributed by atoms with van der Waals surface area (Å²) in [6.45, 7) is 0. The largest absolute Gasteiger partial charge is 0.396 e. The van der Waals surface area contributed by atoms with Gasteiger partial charge < -0.3 is 5.73 Å². The molecule has 0 aliphatic carbocycles. The fraction of sp³-hybridized carbons (Fsp3) is 0. The minimum Gasteiger partial charge on any atom is -0.396 e. The highest BCUT2D eigenvalue weighted by atomic mass is 35.5. The zero-order valence-electron chi connectivity index (χ0n) is 9.44. The third-order valence-electron chi connectivity index (χ3n) is 2.68. The first-order valence-electron chi connectivity index (χ1n) is 5.31. The van der Waals surface area contributed by atoms with Gasteiger partial charge in [0.15, 0.2) is 11.5 Å². The summed E-state index contributed by atoms with van der Waals surface area (Å²) in [5.74, 6) is 0.600. The topological polar surface area (TPSA) is 56.2 Å². The van der Waals surface area contributed by atoms with Gasteiger partial charge in [0.25, 0.3) is 0 Å². The Morgan fingerprint density at radius 2 is 1.79 bits per heavy atom. The molecule has 0 unspecified atom stereocenters. The van der Waals surface area contributed by atoms with Gasteiger partial charge in [-0.15, -0.1) is 10.2 Å². The second-order valence-electron chi connectivity index (χ2n) is 3.96. The minimum atomic E-state index is 0.450. The van der Waals surface area contributed by atoms with Crippen molar-refractivity contribution in [2.45, 2.75) is 0 Å². The second kappa shape index (κ2) is 4.56. The number of aromatic nitrogens is 3. The Morgan fingerprint density at radius 3 is 2.53 bits per heavy atom. The van der Waals surface area contributed by atoms with E-state index in [1.807, 2.05) is 6.07 Å². The van der Waals surface area contributed by atoms with E-state index < -0.39 is 0 Å². The normalized spacial score (nSPS) is 11.1. The molecule has 0 atom stereocenters. The van der Waals surface area contributed by atoms with Crippen LogP contribution in [0.25, 0.3) is 17.0 Å². The van der Waals surface area contributed by atoms with Gasteiger partial charge in [-0.2, -0.15) is 0 Å². The predicted octanol–water partition coefficient (Wildman–Crippen LogP) is 3.94. The summed E-state index contributed by atoms with van der Waals surface area (Å²) < 4.78 is 1.72. The highest BCUT2D eigenvalue weighted by molar-refractivity contribution is 6.42. The molecule has 0 bridgehead atoms. The van der Waals surface area contributed by atoms with E-state index in [1.54, 1.807) is 28.8 Å². The first-order valence-corrected chi connectivity index (χ1v) is 6.45. The lowest BCUT2D eigenvalue weighted by atomic mass is 10.2. The molecule has 0 saturated carbocycles. The van der Waals surface area contributed by atoms with Gasteiger partial charge in [0.1, 0.15) is 0 Å². The molecule has 2 N–H and O–H groups in total. The lowest BCUT2D eigenvalue weighted by Crippen LogP contribution is -1.94. The average Bonchev–Trinajstić information content (AvgIpc) is 2.76. The van der Waals surface area contributed by atoms with Crippen molar-refractivity contribution in [3.05, 3.63) is 45.5 Å². The van der Waals surface area contributed by atoms with Gasteiger partial charge in [0.05, 0.1) is 20.8 Å². The minimum absolute atomic E-state index is 0.450. The number of hydrogen-bond donors (Lipinski definition) is 1. The number of nitrogens with zero attached hydrogens (tertiary/aromatic N) is 3. The van der Waals surface area contributed by atoms with Crippen molar-refractivity contribution < 1.29 is 0 Å². The van der Waals surface area contributed by atoms with E-state index in [0.29, 0.717) is 32.2 Å². The van der Waals surface area contributed by atoms with Gasteiger partial charge in [0.2, 0.25) is 0 Å². The fourth-order valence-corrected chi connectivity index (χ4v) is 2.33. The molecule has 2 aromatic heterocycles. The van der Waals surface area contributed by atoms with Crippen LogP contribution in [0.2, 0.25) is 15.1 Å². The van der Waals surface area contributed by atoms with Crippen LogP contribution in [0.15, 0.2) is 30.5 Å². The number of nitrogens with two attached hydrogens (primary N) is 1. The molecule has 0 radical (unpaired) electrons. The fourth-order valence-electron chi connectivity index (χ4n) is 1.82. The number of fused-ring (bicyclic) bond motifs is 1. The van der Waals surface area contributed by atoms with Crippen LogP contribution in [0.3, 0.4) is 0 Å². The SMILES string of the molecule is Nc1cc(Cl)cn2c(-c3ccc(Cl)c(Cl)c3)nnc12. The van der Waals surface area contributed by atoms with E-state index in [1.165, 1.54) is 0 Å². The molecular formula is C12H7Cl3N4. The van der Waals surface area contributed by atoms with Crippen LogP contribution in [0.5, 0.6) is 0 Å². The maximum atomic E-state index is 6.00. The summed E-state index contributed by atoms with van der Waals surface area (Å²) in [6, 6.07) is 6.86. The smallest absolute Gasteiger partial charge is 0.184 e. The molecule has 0 spiro atoms. The van der Waals surface area contributed by atoms with Crippen molar-refractivity contribution in [3.63, 3.8) is 0 Å². The number of anilines is 1. The van der Waals surface area contributed by atoms with Crippen molar-refractivity contribution in [1.29, 1.82) is 0 Å². The van der Waals surface area contributed by atoms with E-state index in [-0.39, 0.29) is 0 Å². The molecule has 0 aliphatic rings. The number of rotatable bonds is 1. The number of hydrogen-bond acceptors (Lipinski definition) is 3. The summed E-state index contributed by atoms with van der Waals surface area (Å²) in [4.78, 5) is 0. The van der Waals surface area contributed by atoms with Gasteiger partial charge in [-0.3, -0.25) is 4.40 Å². The molecule has 1 aromatic carbocycles. The molecule has 0 fully saturated rings. The molecule has 4 nitrogen and oxygen atoms in total. The maximum Gasteiger partial charge on any atom is 0.184 e. The Balaban J connectivity index is 2.28. The van der Waals surface area contributed by atoms with Crippen LogP contribution in [0.4, 0.5) is 5.69 Å². The van der Waals surface area contributed by atoms with Crippen LogP contribution >= 0.6 is 34.8 Å². The van der Waals surface area contributed by atoms with E-state index >= 15 is 0 Å². The Labute approximate surface area is 123 Å². The third-order valence-corrected chi connectivity index (χ3v) is 3.62. The predicted molar refractivity (Wildman–Crippen MR) is 77.9 cm³/mol. The van der Waals surface area contributed by atoms with Crippen molar-refractivity contribution in [2.75, 3.05) is 5.73 Å². The number of halogens is 3. The average molecular weight is 314 g/mol. The van der Waals surface area contributed by atoms with Crippen LogP contribution in [0, 0.1) is 0 Å². The summed E-state index contributed by atoms with van der Waals surface area (Å²) in [6.07, 6.45) is 1.70. The molecule has 0 saturated heterocycles. The van der Waals surface area contributed by atoms with E-state index in [2.05, 4.69) is 10.2 Å². The van der Waals surface area contributed by atoms with Crippen LogP contribution in [-0.4, -0.2) is 14.6 Å². The molecule has 7 heteroatoms. The van der Waals surface area contributed by atoms with Crippen LogP contribution in [-0.2, 0) is 0 Å². The van der Waals surface area contributed by atoms with Crippen molar-refractivity contribution in [3.8, 4) is 11.4 Å². The van der Waals surface area contributed by atoms with Crippen molar-refractivity contribution in [2.24, 2.45) is 0 Å². The zero-order valence-corrected chi connectivity index (χ0v) is 11.7. The lowest BCUT2D eigenvalue weighted by Gasteiger charge is -2.03. The number of benzene rings is 1. The Morgan fingerprint density at radius 1 is 1.00 bits per heavy atom. The van der Waals surface area contributed by atoms with E-state index in [4.69, 9.17) is 40.5 Å². The van der Waals surface area contributed by atoms with Crippen LogP contribution < -0.4 is 5.73 Å². The summed E-state index contributed by atoms with van der Waals surface area (Å²) in [7, 11) is 0. The highest BCUT2D eigenvalue weighted by Gasteiger charge is 2.12. The molecule has 3 rings (SSSR count). The molecule has 2 heterocycles. The first-order chi connectivity index (χ1) is 9.06. The van der Waals surface area contributed by atoms with Crippen LogP contribution in [0.1, 0.15) is 0 Å². The first kappa shape index (κ1) is 12.5. The molecule has 0 amide bonds. The van der Waals surface area contributed by atoms with E-state index in [0.717, 1.165) is 5.56 Å². The molecule has 96 valence electrons. The maximum absolute atomic E-state index is 6.00. The van der Waals surface area contributed by atoms with Gasteiger partial charge in [-0.25, -0.2) is 0 Å². The standard InChI is InChI=1S/C12H7Cl3N4/c13-7-4-10(16)12-18-17-11(19(12)5-7)6-1-2-8(14)9(15)3-6/h1-5H,16H2. The number of pyridine rings is 1. The molecule has 19 heavy (non-hydrogen) atoms. The second-order valence-corrected chi connectivity index (χ2v) is 5.21. The molecular weight excluding hydrogens is 307 g/mol. The Hall–Kier alpha value is -1.49. The van der Waals surface area contributed by atoms with Gasteiger partial charge in [-0.1, -0.05) is 34.8 Å². The summed E-state index contributed by atoms with van der Waals surface area (Å²) in [5.41, 5.74) is 7.64. The van der Waals surface area contributed by atoms with Crippen molar-refractivity contribution >= 4 is 46.1 Å². The summed E-state index contributed by atoms with van der Waals surface area (Å²) >= 11 is 17.9. The van der Waals surface area contributed by atoms with Gasteiger partial charge in [0, 0.05) is 11.8 Å². The zero-order chi connectivity index (χ0) is 13.6. The van der Waals surface area contributed by atoms with Gasteiger partial charge >= 0.3 is 0 Å². The quantitative estimate of drug-likeness (QED) is 0.740. The molecule has 3 aromatic rings. The highest BCUT2D eigenvalue weighted by Crippen LogP contribution is 2.29. The Bertz CT molecular complexity index is 782.